The normalized spacial score (nSPS) is 11.5. The molecule has 1 amide bonds. The Bertz CT molecular complexity index is 776. The summed E-state index contributed by atoms with van der Waals surface area (Å²) in [7, 11) is 0. The van der Waals surface area contributed by atoms with Gasteiger partial charge in [0.25, 0.3) is 5.91 Å². The third-order valence-electron chi connectivity index (χ3n) is 3.43. The molecular weight excluding hydrogens is 324 g/mol. The number of amides is 1. The van der Waals surface area contributed by atoms with E-state index in [9.17, 15) is 14.9 Å². The fourth-order valence-corrected chi connectivity index (χ4v) is 2.20. The second kappa shape index (κ2) is 8.14. The number of hydrogen-bond acceptors (Lipinski definition) is 5. The summed E-state index contributed by atoms with van der Waals surface area (Å²) in [5.74, 6) is 0.172. The van der Waals surface area contributed by atoms with Crippen molar-refractivity contribution in [3.8, 4) is 11.5 Å². The highest BCUT2D eigenvalue weighted by atomic mass is 16.6. The molecule has 2 aromatic carbocycles. The first kappa shape index (κ1) is 18.3. The second-order valence-corrected chi connectivity index (χ2v) is 5.41. The maximum Gasteiger partial charge on any atom is 0.311 e. The maximum atomic E-state index is 12.4. The molecule has 0 spiro atoms. The minimum atomic E-state index is -0.920. The van der Waals surface area contributed by atoms with Crippen LogP contribution in [0.25, 0.3) is 0 Å². The molecule has 0 heterocycles. The van der Waals surface area contributed by atoms with Crippen LogP contribution in [0.5, 0.6) is 11.5 Å². The number of nitrogens with one attached hydrogen (secondary N) is 1. The molecule has 2 rings (SSSR count). The van der Waals surface area contributed by atoms with Gasteiger partial charge in [0.15, 0.2) is 11.9 Å². The molecule has 0 bridgehead atoms. The lowest BCUT2D eigenvalue weighted by atomic mass is 10.2. The van der Waals surface area contributed by atoms with Crippen LogP contribution in [-0.2, 0) is 4.79 Å². The van der Waals surface area contributed by atoms with Crippen LogP contribution >= 0.6 is 0 Å². The molecular formula is C18H20N2O5. The van der Waals surface area contributed by atoms with Crippen LogP contribution < -0.4 is 14.8 Å². The predicted molar refractivity (Wildman–Crippen MR) is 94.2 cm³/mol. The first-order valence-corrected chi connectivity index (χ1v) is 7.86. The quantitative estimate of drug-likeness (QED) is 0.611. The van der Waals surface area contributed by atoms with Crippen molar-refractivity contribution in [2.45, 2.75) is 26.9 Å². The van der Waals surface area contributed by atoms with Gasteiger partial charge in [-0.05, 0) is 44.5 Å². The monoisotopic (exact) mass is 344 g/mol. The Kier molecular flexibility index (Phi) is 5.94. The van der Waals surface area contributed by atoms with E-state index in [2.05, 4.69) is 5.32 Å². The van der Waals surface area contributed by atoms with Crippen LogP contribution in [0.4, 0.5) is 11.4 Å². The molecule has 1 N–H and O–H groups in total. The summed E-state index contributed by atoms with van der Waals surface area (Å²) in [6.07, 6.45) is -0.920. The number of carbonyl (C=O) groups excluding carboxylic acids is 1. The number of anilines is 1. The highest BCUT2D eigenvalue weighted by Crippen LogP contribution is 2.29. The zero-order valence-corrected chi connectivity index (χ0v) is 14.3. The summed E-state index contributed by atoms with van der Waals surface area (Å²) in [5, 5.41) is 13.9. The van der Waals surface area contributed by atoms with Crippen LogP contribution in [0.1, 0.15) is 19.4 Å². The van der Waals surface area contributed by atoms with E-state index in [4.69, 9.17) is 9.47 Å². The van der Waals surface area contributed by atoms with Crippen LogP contribution in [0.15, 0.2) is 42.5 Å². The first-order valence-electron chi connectivity index (χ1n) is 7.86. The molecule has 0 aliphatic carbocycles. The summed E-state index contributed by atoms with van der Waals surface area (Å²) in [5.41, 5.74) is 1.08. The maximum absolute atomic E-state index is 12.4. The molecule has 7 nitrogen and oxygen atoms in total. The van der Waals surface area contributed by atoms with Crippen molar-refractivity contribution in [1.29, 1.82) is 0 Å². The fourth-order valence-electron chi connectivity index (χ4n) is 2.20. The smallest absolute Gasteiger partial charge is 0.311 e. The number of hydrogen-bond donors (Lipinski definition) is 1. The topological polar surface area (TPSA) is 90.7 Å². The lowest BCUT2D eigenvalue weighted by molar-refractivity contribution is -0.386. The molecule has 0 aliphatic rings. The summed E-state index contributed by atoms with van der Waals surface area (Å²) >= 11 is 0. The number of ether oxygens (including phenoxy) is 2. The van der Waals surface area contributed by atoms with Gasteiger partial charge in [0.05, 0.1) is 17.2 Å². The molecule has 1 atom stereocenters. The molecule has 0 fully saturated rings. The summed E-state index contributed by atoms with van der Waals surface area (Å²) in [6, 6.07) is 11.6. The zero-order valence-electron chi connectivity index (χ0n) is 14.3. The van der Waals surface area contributed by atoms with E-state index in [0.717, 1.165) is 5.56 Å². The number of carbonyl (C=O) groups is 1. The van der Waals surface area contributed by atoms with Crippen LogP contribution in [0.2, 0.25) is 0 Å². The number of aryl methyl sites for hydroxylation is 1. The van der Waals surface area contributed by atoms with Gasteiger partial charge in [-0.25, -0.2) is 0 Å². The van der Waals surface area contributed by atoms with Gasteiger partial charge >= 0.3 is 5.69 Å². The van der Waals surface area contributed by atoms with E-state index in [0.29, 0.717) is 18.0 Å². The van der Waals surface area contributed by atoms with Crippen molar-refractivity contribution in [2.75, 3.05) is 11.9 Å². The predicted octanol–water partition coefficient (Wildman–Crippen LogP) is 3.71. The minimum absolute atomic E-state index is 0.0522. The molecule has 132 valence electrons. The van der Waals surface area contributed by atoms with E-state index < -0.39 is 16.9 Å². The fraction of sp³-hybridized carbons (Fsp3) is 0.278. The Hall–Kier alpha value is -3.09. The lowest BCUT2D eigenvalue weighted by Crippen LogP contribution is -2.30. The number of para-hydroxylation sites is 2. The van der Waals surface area contributed by atoms with Gasteiger partial charge in [-0.15, -0.1) is 0 Å². The Balaban J connectivity index is 2.13. The first-order chi connectivity index (χ1) is 11.9. The SMILES string of the molecule is CCOc1ccccc1NC(=O)[C@@H](C)Oc1ccc(C)cc1[N+](=O)[O-]. The van der Waals surface area contributed by atoms with Crippen LogP contribution in [-0.4, -0.2) is 23.5 Å². The molecule has 0 aromatic heterocycles. The van der Waals surface area contributed by atoms with Gasteiger partial charge in [0.2, 0.25) is 0 Å². The standard InChI is InChI=1S/C18H20N2O5/c1-4-24-16-8-6-5-7-14(16)19-18(21)13(3)25-17-10-9-12(2)11-15(17)20(22)23/h5-11,13H,4H2,1-3H3,(H,19,21)/t13-/m1/s1. The average Bonchev–Trinajstić information content (AvgIpc) is 2.58. The Morgan fingerprint density at radius 3 is 2.64 bits per heavy atom. The highest BCUT2D eigenvalue weighted by Gasteiger charge is 2.22. The lowest BCUT2D eigenvalue weighted by Gasteiger charge is -2.16. The van der Waals surface area contributed by atoms with Crippen molar-refractivity contribution in [3.05, 3.63) is 58.1 Å². The van der Waals surface area contributed by atoms with Crippen LogP contribution in [0.3, 0.4) is 0 Å². The van der Waals surface area contributed by atoms with Gasteiger partial charge in [-0.1, -0.05) is 18.2 Å². The Morgan fingerprint density at radius 2 is 1.96 bits per heavy atom. The number of rotatable bonds is 7. The summed E-state index contributed by atoms with van der Waals surface area (Å²) in [4.78, 5) is 23.0. The number of nitro benzene ring substituents is 1. The molecule has 0 saturated carbocycles. The Morgan fingerprint density at radius 1 is 1.24 bits per heavy atom. The number of nitrogens with zero attached hydrogens (tertiary/aromatic N) is 1. The summed E-state index contributed by atoms with van der Waals surface area (Å²) in [6.45, 7) is 5.59. The van der Waals surface area contributed by atoms with Gasteiger partial charge in [-0.3, -0.25) is 14.9 Å². The molecule has 25 heavy (non-hydrogen) atoms. The molecule has 0 saturated heterocycles. The number of nitro groups is 1. The van der Waals surface area contributed by atoms with E-state index >= 15 is 0 Å². The van der Waals surface area contributed by atoms with E-state index in [1.165, 1.54) is 19.1 Å². The second-order valence-electron chi connectivity index (χ2n) is 5.41. The molecule has 0 aliphatic heterocycles. The van der Waals surface area contributed by atoms with Crippen molar-refractivity contribution in [2.24, 2.45) is 0 Å². The largest absolute Gasteiger partial charge is 0.492 e. The molecule has 0 unspecified atom stereocenters. The molecule has 0 radical (unpaired) electrons. The van der Waals surface area contributed by atoms with Crippen molar-refractivity contribution >= 4 is 17.3 Å². The van der Waals surface area contributed by atoms with Crippen LogP contribution in [0, 0.1) is 17.0 Å². The third-order valence-corrected chi connectivity index (χ3v) is 3.43. The summed E-state index contributed by atoms with van der Waals surface area (Å²) < 4.78 is 11.0. The van der Waals surface area contributed by atoms with Gasteiger partial charge in [0.1, 0.15) is 5.75 Å². The molecule has 7 heteroatoms. The molecule has 2 aromatic rings. The third kappa shape index (κ3) is 4.69. The highest BCUT2D eigenvalue weighted by molar-refractivity contribution is 5.95. The van der Waals surface area contributed by atoms with E-state index in [1.807, 2.05) is 6.92 Å². The number of benzene rings is 2. The van der Waals surface area contributed by atoms with E-state index in [1.54, 1.807) is 37.3 Å². The van der Waals surface area contributed by atoms with Crippen molar-refractivity contribution in [1.82, 2.24) is 0 Å². The van der Waals surface area contributed by atoms with Gasteiger partial charge in [0, 0.05) is 6.07 Å². The van der Waals surface area contributed by atoms with Gasteiger partial charge in [-0.2, -0.15) is 0 Å². The average molecular weight is 344 g/mol. The zero-order chi connectivity index (χ0) is 18.4. The van der Waals surface area contributed by atoms with Crippen molar-refractivity contribution in [3.63, 3.8) is 0 Å². The minimum Gasteiger partial charge on any atom is -0.492 e. The van der Waals surface area contributed by atoms with Gasteiger partial charge < -0.3 is 14.8 Å². The van der Waals surface area contributed by atoms with Crippen molar-refractivity contribution < 1.29 is 19.2 Å². The van der Waals surface area contributed by atoms with E-state index in [-0.39, 0.29) is 11.4 Å². The Labute approximate surface area is 145 Å².